The second kappa shape index (κ2) is 7.17. The molecule has 0 unspecified atom stereocenters. The first kappa shape index (κ1) is 16.7. The molecular weight excluding hydrogens is 367 g/mol. The van der Waals surface area contributed by atoms with Crippen LogP contribution < -0.4 is 5.32 Å². The number of aromatic amines is 1. The van der Waals surface area contributed by atoms with Crippen molar-refractivity contribution < 1.29 is 4.79 Å². The monoisotopic (exact) mass is 378 g/mol. The van der Waals surface area contributed by atoms with Crippen molar-refractivity contribution in [3.8, 4) is 5.69 Å². The van der Waals surface area contributed by atoms with Gasteiger partial charge in [0.25, 0.3) is 5.91 Å². The van der Waals surface area contributed by atoms with E-state index < -0.39 is 0 Å². The van der Waals surface area contributed by atoms with Gasteiger partial charge in [-0.15, -0.1) is 0 Å². The lowest BCUT2D eigenvalue weighted by Crippen LogP contribution is -2.25. The first-order valence-electron chi connectivity index (χ1n) is 7.01. The van der Waals surface area contributed by atoms with Crippen molar-refractivity contribution in [2.75, 3.05) is 0 Å². The molecule has 0 aliphatic rings. The van der Waals surface area contributed by atoms with Gasteiger partial charge in [-0.3, -0.25) is 14.5 Å². The number of aromatic nitrogens is 3. The Morgan fingerprint density at radius 1 is 1.21 bits per heavy atom. The zero-order valence-electron chi connectivity index (χ0n) is 12.3. The minimum atomic E-state index is -0.337. The van der Waals surface area contributed by atoms with Gasteiger partial charge in [-0.1, -0.05) is 41.4 Å². The number of halogens is 2. The van der Waals surface area contributed by atoms with Gasteiger partial charge in [0.2, 0.25) is 0 Å². The molecule has 0 aliphatic heterocycles. The van der Waals surface area contributed by atoms with Gasteiger partial charge < -0.3 is 5.32 Å². The summed E-state index contributed by atoms with van der Waals surface area (Å²) in [5.74, 6) is 0.244. The maximum Gasteiger partial charge on any atom is 0.253 e. The number of carbonyl (C=O) groups excluding carboxylic acids is 1. The van der Waals surface area contributed by atoms with E-state index in [4.69, 9.17) is 35.4 Å². The van der Waals surface area contributed by atoms with Crippen LogP contribution >= 0.6 is 35.4 Å². The number of hydrogen-bond donors (Lipinski definition) is 2. The van der Waals surface area contributed by atoms with Crippen LogP contribution in [0.15, 0.2) is 48.5 Å². The van der Waals surface area contributed by atoms with Gasteiger partial charge in [0.15, 0.2) is 10.6 Å². The van der Waals surface area contributed by atoms with E-state index in [9.17, 15) is 4.79 Å². The lowest BCUT2D eigenvalue weighted by Gasteiger charge is -2.09. The standard InChI is InChI=1S/C16H12Cl2N4OS/c17-10-6-7-13(18)12(8-10)15(23)19-9-14-20-21-16(24)22(14)11-4-2-1-3-5-11/h1-8H,9H2,(H,19,23)(H,21,24). The molecule has 24 heavy (non-hydrogen) atoms. The Kier molecular flexibility index (Phi) is 4.99. The smallest absolute Gasteiger partial charge is 0.253 e. The summed E-state index contributed by atoms with van der Waals surface area (Å²) in [5.41, 5.74) is 1.17. The topological polar surface area (TPSA) is 62.7 Å². The second-order valence-electron chi connectivity index (χ2n) is 4.92. The number of amides is 1. The van der Waals surface area contributed by atoms with E-state index in [-0.39, 0.29) is 12.5 Å². The van der Waals surface area contributed by atoms with Gasteiger partial charge in [-0.25, -0.2) is 0 Å². The highest BCUT2D eigenvalue weighted by Crippen LogP contribution is 2.20. The van der Waals surface area contributed by atoms with Gasteiger partial charge in [0.05, 0.1) is 17.1 Å². The molecule has 0 radical (unpaired) electrons. The Labute approximate surface area is 153 Å². The number of rotatable bonds is 4. The van der Waals surface area contributed by atoms with Crippen LogP contribution in [0.5, 0.6) is 0 Å². The molecule has 1 heterocycles. The third kappa shape index (κ3) is 3.51. The normalized spacial score (nSPS) is 10.6. The second-order valence-corrected chi connectivity index (χ2v) is 6.15. The molecule has 1 aromatic heterocycles. The number of H-pyrrole nitrogens is 1. The van der Waals surface area contributed by atoms with E-state index in [1.54, 1.807) is 16.7 Å². The Hall–Kier alpha value is -2.15. The summed E-state index contributed by atoms with van der Waals surface area (Å²) in [7, 11) is 0. The molecule has 0 spiro atoms. The van der Waals surface area contributed by atoms with Crippen LogP contribution in [0.4, 0.5) is 0 Å². The fraction of sp³-hybridized carbons (Fsp3) is 0.0625. The summed E-state index contributed by atoms with van der Waals surface area (Å²) < 4.78 is 2.21. The largest absolute Gasteiger partial charge is 0.345 e. The minimum Gasteiger partial charge on any atom is -0.345 e. The van der Waals surface area contributed by atoms with Crippen LogP contribution in [0.3, 0.4) is 0 Å². The maximum absolute atomic E-state index is 12.3. The first-order valence-corrected chi connectivity index (χ1v) is 8.17. The van der Waals surface area contributed by atoms with Crippen LogP contribution in [0.1, 0.15) is 16.2 Å². The molecule has 2 aromatic carbocycles. The van der Waals surface area contributed by atoms with Gasteiger partial charge in [0.1, 0.15) is 0 Å². The average Bonchev–Trinajstić information content (AvgIpc) is 2.96. The van der Waals surface area contributed by atoms with E-state index in [0.29, 0.717) is 26.2 Å². The van der Waals surface area contributed by atoms with Crippen LogP contribution in [-0.4, -0.2) is 20.7 Å². The SMILES string of the molecule is O=C(NCc1n[nH]c(=S)n1-c1ccccc1)c1cc(Cl)ccc1Cl. The quantitative estimate of drug-likeness (QED) is 0.669. The van der Waals surface area contributed by atoms with Gasteiger partial charge >= 0.3 is 0 Å². The summed E-state index contributed by atoms with van der Waals surface area (Å²) in [4.78, 5) is 12.3. The van der Waals surface area contributed by atoms with E-state index in [0.717, 1.165) is 5.69 Å². The first-order chi connectivity index (χ1) is 11.6. The number of hydrogen-bond acceptors (Lipinski definition) is 3. The number of benzene rings is 2. The fourth-order valence-electron chi connectivity index (χ4n) is 2.22. The van der Waals surface area contributed by atoms with E-state index in [1.807, 2.05) is 30.3 Å². The van der Waals surface area contributed by atoms with Crippen molar-refractivity contribution in [3.63, 3.8) is 0 Å². The lowest BCUT2D eigenvalue weighted by atomic mass is 10.2. The van der Waals surface area contributed by atoms with E-state index in [1.165, 1.54) is 6.07 Å². The van der Waals surface area contributed by atoms with Gasteiger partial charge in [-0.05, 0) is 42.5 Å². The van der Waals surface area contributed by atoms with E-state index in [2.05, 4.69) is 15.5 Å². The number of para-hydroxylation sites is 1. The molecule has 0 fully saturated rings. The molecule has 3 rings (SSSR count). The number of nitrogens with one attached hydrogen (secondary N) is 2. The fourth-order valence-corrected chi connectivity index (χ4v) is 2.85. The Morgan fingerprint density at radius 3 is 2.71 bits per heavy atom. The highest BCUT2D eigenvalue weighted by atomic mass is 35.5. The third-order valence-corrected chi connectivity index (χ3v) is 4.17. The Bertz CT molecular complexity index is 937. The molecule has 122 valence electrons. The van der Waals surface area contributed by atoms with Crippen molar-refractivity contribution in [1.82, 2.24) is 20.1 Å². The molecular formula is C16H12Cl2N4OS. The number of nitrogens with zero attached hydrogens (tertiary/aromatic N) is 2. The highest BCUT2D eigenvalue weighted by Gasteiger charge is 2.13. The summed E-state index contributed by atoms with van der Waals surface area (Å²) in [6, 6.07) is 14.3. The molecule has 3 aromatic rings. The van der Waals surface area contributed by atoms with Gasteiger partial charge in [0, 0.05) is 10.7 Å². The van der Waals surface area contributed by atoms with Crippen LogP contribution in [0.2, 0.25) is 10.0 Å². The molecule has 5 nitrogen and oxygen atoms in total. The molecule has 1 amide bonds. The number of carbonyl (C=O) groups is 1. The minimum absolute atomic E-state index is 0.184. The van der Waals surface area contributed by atoms with Crippen molar-refractivity contribution in [2.24, 2.45) is 0 Å². The zero-order chi connectivity index (χ0) is 17.1. The molecule has 0 saturated heterocycles. The summed E-state index contributed by atoms with van der Waals surface area (Å²) in [6.07, 6.45) is 0. The predicted molar refractivity (Wildman–Crippen MR) is 96.4 cm³/mol. The summed E-state index contributed by atoms with van der Waals surface area (Å²) >= 11 is 17.2. The molecule has 0 bridgehead atoms. The van der Waals surface area contributed by atoms with Crippen LogP contribution in [-0.2, 0) is 6.54 Å². The van der Waals surface area contributed by atoms with Crippen molar-refractivity contribution in [2.45, 2.75) is 6.54 Å². The van der Waals surface area contributed by atoms with Crippen LogP contribution in [0, 0.1) is 4.77 Å². The molecule has 8 heteroatoms. The summed E-state index contributed by atoms with van der Waals surface area (Å²) in [6.45, 7) is 0.184. The molecule has 2 N–H and O–H groups in total. The van der Waals surface area contributed by atoms with E-state index >= 15 is 0 Å². The maximum atomic E-state index is 12.3. The predicted octanol–water partition coefficient (Wildman–Crippen LogP) is 4.17. The lowest BCUT2D eigenvalue weighted by molar-refractivity contribution is 0.0950. The van der Waals surface area contributed by atoms with Crippen molar-refractivity contribution in [1.29, 1.82) is 0 Å². The zero-order valence-corrected chi connectivity index (χ0v) is 14.6. The molecule has 0 saturated carbocycles. The molecule has 0 atom stereocenters. The summed E-state index contributed by atoms with van der Waals surface area (Å²) in [5, 5.41) is 10.5. The Morgan fingerprint density at radius 2 is 1.96 bits per heavy atom. The average molecular weight is 379 g/mol. The molecule has 0 aliphatic carbocycles. The van der Waals surface area contributed by atoms with Crippen molar-refractivity contribution in [3.05, 3.63) is 74.7 Å². The van der Waals surface area contributed by atoms with Gasteiger partial charge in [-0.2, -0.15) is 5.10 Å². The van der Waals surface area contributed by atoms with Crippen molar-refractivity contribution >= 4 is 41.3 Å². The highest BCUT2D eigenvalue weighted by molar-refractivity contribution is 7.71. The van der Waals surface area contributed by atoms with Crippen LogP contribution in [0.25, 0.3) is 5.69 Å². The third-order valence-electron chi connectivity index (χ3n) is 3.34. The Balaban J connectivity index is 1.82.